The van der Waals surface area contributed by atoms with Crippen LogP contribution in [0.2, 0.25) is 0 Å². The highest BCUT2D eigenvalue weighted by atomic mass is 17.2. The zero-order valence-electron chi connectivity index (χ0n) is 21.8. The van der Waals surface area contributed by atoms with Crippen LogP contribution in [0.15, 0.2) is 42.5 Å². The molecule has 1 saturated heterocycles. The Morgan fingerprint density at radius 3 is 2.61 bits per heavy atom. The van der Waals surface area contributed by atoms with Crippen molar-refractivity contribution in [2.75, 3.05) is 38.2 Å². The fourth-order valence-electron chi connectivity index (χ4n) is 7.00. The van der Waals surface area contributed by atoms with Gasteiger partial charge < -0.3 is 14.8 Å². The van der Waals surface area contributed by atoms with Crippen LogP contribution in [0.3, 0.4) is 0 Å². The molecule has 1 saturated carbocycles. The molecule has 3 heterocycles. The number of aromatic nitrogens is 1. The normalized spacial score (nSPS) is 19.3. The second-order valence-electron chi connectivity index (χ2n) is 11.0. The van der Waals surface area contributed by atoms with Crippen molar-refractivity contribution in [1.82, 2.24) is 9.88 Å². The zero-order valence-corrected chi connectivity index (χ0v) is 21.8. The highest BCUT2D eigenvalue weighted by Crippen LogP contribution is 2.47. The Hall–Kier alpha value is -2.34. The molecular formula is C31H41N3O2. The van der Waals surface area contributed by atoms with Crippen LogP contribution in [0, 0.1) is 5.92 Å². The third-order valence-corrected chi connectivity index (χ3v) is 8.88. The summed E-state index contributed by atoms with van der Waals surface area (Å²) in [6, 6.07) is 16.1. The fraction of sp³-hybridized carbons (Fsp3) is 0.548. The summed E-state index contributed by atoms with van der Waals surface area (Å²) in [6.07, 6.45) is 10.6. The van der Waals surface area contributed by atoms with E-state index in [1.165, 1.54) is 97.9 Å². The minimum atomic E-state index is 0.477. The predicted molar refractivity (Wildman–Crippen MR) is 147 cm³/mol. The van der Waals surface area contributed by atoms with Crippen molar-refractivity contribution in [3.05, 3.63) is 53.6 Å². The van der Waals surface area contributed by atoms with Crippen LogP contribution < -0.4 is 10.2 Å². The third kappa shape index (κ3) is 4.69. The number of hydrogen-bond acceptors (Lipinski definition) is 4. The van der Waals surface area contributed by atoms with Crippen LogP contribution in [0.1, 0.15) is 68.4 Å². The lowest BCUT2D eigenvalue weighted by atomic mass is 9.81. The summed E-state index contributed by atoms with van der Waals surface area (Å²) in [5, 5.41) is 4.97. The van der Waals surface area contributed by atoms with Crippen molar-refractivity contribution in [2.45, 2.75) is 70.4 Å². The molecule has 2 aromatic carbocycles. The molecule has 0 bridgehead atoms. The first-order valence-corrected chi connectivity index (χ1v) is 14.2. The Kier molecular flexibility index (Phi) is 7.31. The molecule has 6 rings (SSSR count). The molecule has 0 amide bonds. The molecule has 1 N–H and O–H groups in total. The van der Waals surface area contributed by atoms with Gasteiger partial charge in [-0.25, -0.2) is 9.78 Å². The Labute approximate surface area is 215 Å². The molecule has 3 aromatic rings. The van der Waals surface area contributed by atoms with Crippen LogP contribution in [-0.2, 0) is 22.9 Å². The molecular weight excluding hydrogens is 446 g/mol. The lowest BCUT2D eigenvalue weighted by molar-refractivity contribution is -0.282. The number of nitrogens with zero attached hydrogens (tertiary/aromatic N) is 2. The number of hydrogen-bond donors (Lipinski definition) is 1. The maximum absolute atomic E-state index is 5.30. The van der Waals surface area contributed by atoms with Gasteiger partial charge in [0.1, 0.15) is 6.61 Å². The summed E-state index contributed by atoms with van der Waals surface area (Å²) in [5.41, 5.74) is 8.44. The molecule has 5 nitrogen and oxygen atoms in total. The number of para-hydroxylation sites is 1. The molecule has 1 aromatic heterocycles. The number of fused-ring (bicyclic) bond motifs is 5. The van der Waals surface area contributed by atoms with Gasteiger partial charge in [-0.1, -0.05) is 49.6 Å². The van der Waals surface area contributed by atoms with Gasteiger partial charge in [-0.15, -0.1) is 0 Å². The third-order valence-electron chi connectivity index (χ3n) is 8.88. The monoisotopic (exact) mass is 487 g/mol. The smallest absolute Gasteiger partial charge is 0.107 e. The summed E-state index contributed by atoms with van der Waals surface area (Å²) in [6.45, 7) is 6.06. The molecule has 5 heteroatoms. The van der Waals surface area contributed by atoms with Crippen molar-refractivity contribution < 1.29 is 9.78 Å². The first-order valence-electron chi connectivity index (χ1n) is 14.2. The lowest BCUT2D eigenvalue weighted by Gasteiger charge is -2.29. The molecule has 2 fully saturated rings. The Balaban J connectivity index is 1.43. The van der Waals surface area contributed by atoms with Crippen LogP contribution in [0.5, 0.6) is 0 Å². The van der Waals surface area contributed by atoms with Crippen LogP contribution in [-0.4, -0.2) is 37.9 Å². The van der Waals surface area contributed by atoms with Gasteiger partial charge in [0, 0.05) is 41.8 Å². The van der Waals surface area contributed by atoms with E-state index >= 15 is 0 Å². The average molecular weight is 488 g/mol. The van der Waals surface area contributed by atoms with E-state index in [0.717, 1.165) is 25.6 Å². The number of piperidine rings is 1. The van der Waals surface area contributed by atoms with E-state index in [9.17, 15) is 0 Å². The van der Waals surface area contributed by atoms with Gasteiger partial charge in [-0.05, 0) is 80.3 Å². The van der Waals surface area contributed by atoms with E-state index < -0.39 is 0 Å². The molecule has 2 aliphatic heterocycles. The van der Waals surface area contributed by atoms with E-state index in [0.29, 0.717) is 12.5 Å². The van der Waals surface area contributed by atoms with Crippen LogP contribution in [0.4, 0.5) is 5.69 Å². The molecule has 0 spiro atoms. The summed E-state index contributed by atoms with van der Waals surface area (Å²) in [4.78, 5) is 12.9. The summed E-state index contributed by atoms with van der Waals surface area (Å²) in [5.74, 6) is 1.50. The van der Waals surface area contributed by atoms with Crippen molar-refractivity contribution in [3.63, 3.8) is 0 Å². The Morgan fingerprint density at radius 1 is 0.944 bits per heavy atom. The second kappa shape index (κ2) is 11.0. The minimum absolute atomic E-state index is 0.477. The van der Waals surface area contributed by atoms with Crippen LogP contribution >= 0.6 is 0 Å². The van der Waals surface area contributed by atoms with Gasteiger partial charge in [0.25, 0.3) is 0 Å². The fourth-order valence-corrected chi connectivity index (χ4v) is 7.00. The standard InChI is InChI=1S/C31H41N3O2/c1-35-36-22-24-11-12-26-29(21-24)34-20-19-33(18-15-23-13-16-32-17-14-23)28-10-6-5-9-27(28)31(34)30(26)25-7-3-2-4-8-25/h5-6,9-12,21,23,25,32H,2-4,7-8,13-20,22H2,1H3. The second-order valence-corrected chi connectivity index (χ2v) is 11.0. The van der Waals surface area contributed by atoms with E-state index in [1.807, 2.05) is 0 Å². The van der Waals surface area contributed by atoms with Crippen LogP contribution in [0.25, 0.3) is 22.2 Å². The zero-order chi connectivity index (χ0) is 24.3. The molecule has 36 heavy (non-hydrogen) atoms. The molecule has 192 valence electrons. The van der Waals surface area contributed by atoms with E-state index in [2.05, 4.69) is 57.2 Å². The number of nitrogens with one attached hydrogen (secondary N) is 1. The highest BCUT2D eigenvalue weighted by Gasteiger charge is 2.30. The molecule has 0 atom stereocenters. The Bertz CT molecular complexity index is 1170. The van der Waals surface area contributed by atoms with Crippen molar-refractivity contribution >= 4 is 16.6 Å². The van der Waals surface area contributed by atoms with Gasteiger partial charge >= 0.3 is 0 Å². The maximum Gasteiger partial charge on any atom is 0.107 e. The first kappa shape index (κ1) is 24.0. The number of rotatable bonds is 7. The van der Waals surface area contributed by atoms with Gasteiger partial charge in [-0.2, -0.15) is 0 Å². The summed E-state index contributed by atoms with van der Waals surface area (Å²) < 4.78 is 2.64. The first-order chi connectivity index (χ1) is 17.8. The van der Waals surface area contributed by atoms with E-state index in [1.54, 1.807) is 12.7 Å². The molecule has 0 radical (unpaired) electrons. The topological polar surface area (TPSA) is 38.7 Å². The van der Waals surface area contributed by atoms with E-state index in [4.69, 9.17) is 9.78 Å². The van der Waals surface area contributed by atoms with Gasteiger partial charge in [0.2, 0.25) is 0 Å². The lowest BCUT2D eigenvalue weighted by Crippen LogP contribution is -2.32. The number of anilines is 1. The SMILES string of the molecule is COOCc1ccc2c(C3CCCCC3)c3n(c2c1)CCN(CCC1CCNCC1)c1ccccc1-3. The van der Waals surface area contributed by atoms with Gasteiger partial charge in [-0.3, -0.25) is 0 Å². The quantitative estimate of drug-likeness (QED) is 0.299. The van der Waals surface area contributed by atoms with Crippen molar-refractivity contribution in [2.24, 2.45) is 5.92 Å². The Morgan fingerprint density at radius 2 is 1.78 bits per heavy atom. The maximum atomic E-state index is 5.30. The molecule has 3 aliphatic rings. The van der Waals surface area contributed by atoms with E-state index in [-0.39, 0.29) is 0 Å². The highest BCUT2D eigenvalue weighted by molar-refractivity contribution is 5.96. The van der Waals surface area contributed by atoms with Gasteiger partial charge in [0.05, 0.1) is 12.8 Å². The number of benzene rings is 2. The van der Waals surface area contributed by atoms with Gasteiger partial charge in [0.15, 0.2) is 0 Å². The predicted octanol–water partition coefficient (Wildman–Crippen LogP) is 6.64. The summed E-state index contributed by atoms with van der Waals surface area (Å²) in [7, 11) is 1.58. The minimum Gasteiger partial charge on any atom is -0.369 e. The molecule has 1 aliphatic carbocycles. The molecule has 0 unspecified atom stereocenters. The summed E-state index contributed by atoms with van der Waals surface area (Å²) >= 11 is 0. The van der Waals surface area contributed by atoms with Crippen molar-refractivity contribution in [1.29, 1.82) is 0 Å². The largest absolute Gasteiger partial charge is 0.369 e. The average Bonchev–Trinajstić information content (AvgIpc) is 3.17. The van der Waals surface area contributed by atoms with Crippen molar-refractivity contribution in [3.8, 4) is 11.3 Å².